The second-order valence-corrected chi connectivity index (χ2v) is 3.63. The molecule has 1 aromatic rings. The Labute approximate surface area is 85.7 Å². The van der Waals surface area contributed by atoms with E-state index in [1.165, 1.54) is 0 Å². The summed E-state index contributed by atoms with van der Waals surface area (Å²) in [5, 5.41) is 1.46. The van der Waals surface area contributed by atoms with Crippen LogP contribution in [0.1, 0.15) is 5.56 Å². The molecule has 0 unspecified atom stereocenters. The number of hydrogen-bond acceptors (Lipinski definition) is 2. The second-order valence-electron chi connectivity index (χ2n) is 2.66. The molecule has 2 nitrogen and oxygen atoms in total. The maximum Gasteiger partial charge on any atom is 0.0825 e. The Kier molecular flexibility index (Phi) is 3.35. The van der Waals surface area contributed by atoms with E-state index in [1.54, 1.807) is 6.20 Å². The molecule has 0 saturated carbocycles. The number of rotatable bonds is 2. The van der Waals surface area contributed by atoms with Gasteiger partial charge in [0, 0.05) is 37.4 Å². The van der Waals surface area contributed by atoms with Gasteiger partial charge in [-0.15, -0.1) is 0 Å². The van der Waals surface area contributed by atoms with Gasteiger partial charge in [-0.2, -0.15) is 0 Å². The molecular weight excluding hydrogens is 239 g/mol. The highest BCUT2D eigenvalue weighted by Gasteiger charge is 2.07. The molecule has 0 bridgehead atoms. The average molecular weight is 250 g/mol. The van der Waals surface area contributed by atoms with Crippen LogP contribution in [0, 0.1) is 0 Å². The Morgan fingerprint density at radius 3 is 2.58 bits per heavy atom. The Bertz CT molecular complexity index is 276. The molecule has 0 aliphatic heterocycles. The monoisotopic (exact) mass is 248 g/mol. The summed E-state index contributed by atoms with van der Waals surface area (Å²) in [7, 11) is 3.93. The van der Waals surface area contributed by atoms with Crippen molar-refractivity contribution < 1.29 is 0 Å². The molecule has 0 aliphatic carbocycles. The highest BCUT2D eigenvalue weighted by Crippen LogP contribution is 2.28. The molecule has 0 fully saturated rings. The Morgan fingerprint density at radius 2 is 2.17 bits per heavy atom. The van der Waals surface area contributed by atoms with E-state index in [4.69, 9.17) is 11.6 Å². The Balaban J connectivity index is 3.20. The van der Waals surface area contributed by atoms with Crippen molar-refractivity contribution in [3.05, 3.63) is 23.0 Å². The largest absolute Gasteiger partial charge is 0.376 e. The number of hydrogen-bond donors (Lipinski definition) is 0. The number of pyridine rings is 1. The van der Waals surface area contributed by atoms with Crippen LogP contribution in [0.4, 0.5) is 5.69 Å². The number of alkyl halides is 1. The van der Waals surface area contributed by atoms with Crippen molar-refractivity contribution in [1.29, 1.82) is 0 Å². The van der Waals surface area contributed by atoms with Gasteiger partial charge in [0.05, 0.1) is 10.7 Å². The molecule has 0 N–H and O–H groups in total. The van der Waals surface area contributed by atoms with E-state index in [1.807, 2.05) is 25.2 Å². The van der Waals surface area contributed by atoms with Crippen LogP contribution in [0.25, 0.3) is 0 Å². The first-order chi connectivity index (χ1) is 5.66. The fourth-order valence-electron chi connectivity index (χ4n) is 1.07. The van der Waals surface area contributed by atoms with Crippen molar-refractivity contribution in [2.45, 2.75) is 5.33 Å². The third kappa shape index (κ3) is 1.90. The van der Waals surface area contributed by atoms with E-state index in [0.717, 1.165) is 16.6 Å². The van der Waals surface area contributed by atoms with Crippen molar-refractivity contribution in [1.82, 2.24) is 4.98 Å². The molecular formula is C8H10BrClN2. The van der Waals surface area contributed by atoms with Crippen molar-refractivity contribution in [2.75, 3.05) is 19.0 Å². The zero-order valence-electron chi connectivity index (χ0n) is 7.01. The van der Waals surface area contributed by atoms with Crippen LogP contribution in [0.15, 0.2) is 12.4 Å². The summed E-state index contributed by atoms with van der Waals surface area (Å²) in [6.45, 7) is 0. The predicted octanol–water partition coefficient (Wildman–Crippen LogP) is 2.70. The van der Waals surface area contributed by atoms with Crippen molar-refractivity contribution >= 4 is 33.2 Å². The van der Waals surface area contributed by atoms with Crippen LogP contribution in [-0.4, -0.2) is 19.1 Å². The molecule has 0 radical (unpaired) electrons. The summed E-state index contributed by atoms with van der Waals surface area (Å²) < 4.78 is 0. The summed E-state index contributed by atoms with van der Waals surface area (Å²) in [6.07, 6.45) is 3.47. The van der Waals surface area contributed by atoms with Gasteiger partial charge in [0.25, 0.3) is 0 Å². The van der Waals surface area contributed by atoms with Crippen LogP contribution in [0.3, 0.4) is 0 Å². The van der Waals surface area contributed by atoms with Gasteiger partial charge in [0.2, 0.25) is 0 Å². The summed E-state index contributed by atoms with van der Waals surface area (Å²) in [5.74, 6) is 0. The molecule has 0 aromatic carbocycles. The number of aromatic nitrogens is 1. The highest BCUT2D eigenvalue weighted by atomic mass is 79.9. The topological polar surface area (TPSA) is 16.1 Å². The van der Waals surface area contributed by atoms with Crippen LogP contribution < -0.4 is 4.90 Å². The fourth-order valence-corrected chi connectivity index (χ4v) is 1.82. The van der Waals surface area contributed by atoms with E-state index in [-0.39, 0.29) is 0 Å². The van der Waals surface area contributed by atoms with Gasteiger partial charge >= 0.3 is 0 Å². The van der Waals surface area contributed by atoms with Gasteiger partial charge in [-0.25, -0.2) is 0 Å². The summed E-state index contributed by atoms with van der Waals surface area (Å²) >= 11 is 9.36. The van der Waals surface area contributed by atoms with Gasteiger partial charge in [-0.05, 0) is 0 Å². The minimum absolute atomic E-state index is 0.692. The molecule has 12 heavy (non-hydrogen) atoms. The van der Waals surface area contributed by atoms with Gasteiger partial charge in [-0.1, -0.05) is 27.5 Å². The lowest BCUT2D eigenvalue weighted by Crippen LogP contribution is -2.11. The van der Waals surface area contributed by atoms with Gasteiger partial charge in [0.15, 0.2) is 0 Å². The van der Waals surface area contributed by atoms with Crippen molar-refractivity contribution in [3.63, 3.8) is 0 Å². The molecule has 0 amide bonds. The first kappa shape index (κ1) is 9.81. The molecule has 0 atom stereocenters. The molecule has 0 spiro atoms. The van der Waals surface area contributed by atoms with E-state index < -0.39 is 0 Å². The highest BCUT2D eigenvalue weighted by molar-refractivity contribution is 9.08. The Hall–Kier alpha value is -0.280. The standard InChI is InChI=1S/C8H10BrClN2/c1-12(2)8-6(3-9)4-11-5-7(8)10/h4-5H,3H2,1-2H3. The lowest BCUT2D eigenvalue weighted by Gasteiger charge is -2.17. The second kappa shape index (κ2) is 4.10. The van der Waals surface area contributed by atoms with Crippen molar-refractivity contribution in [3.8, 4) is 0 Å². The van der Waals surface area contributed by atoms with Crippen molar-refractivity contribution in [2.24, 2.45) is 0 Å². The Morgan fingerprint density at radius 1 is 1.50 bits per heavy atom. The minimum Gasteiger partial charge on any atom is -0.376 e. The van der Waals surface area contributed by atoms with Crippen LogP contribution >= 0.6 is 27.5 Å². The van der Waals surface area contributed by atoms with E-state index in [9.17, 15) is 0 Å². The van der Waals surface area contributed by atoms with Crippen LogP contribution in [0.2, 0.25) is 5.02 Å². The summed E-state index contributed by atoms with van der Waals surface area (Å²) in [5.41, 5.74) is 2.14. The number of nitrogens with zero attached hydrogens (tertiary/aromatic N) is 2. The first-order valence-corrected chi connectivity index (χ1v) is 5.02. The average Bonchev–Trinajstić information content (AvgIpc) is 2.03. The number of halogens is 2. The maximum absolute atomic E-state index is 5.98. The molecule has 4 heteroatoms. The van der Waals surface area contributed by atoms with Gasteiger partial charge in [-0.3, -0.25) is 4.98 Å². The number of anilines is 1. The van der Waals surface area contributed by atoms with E-state index in [2.05, 4.69) is 20.9 Å². The third-order valence-electron chi connectivity index (χ3n) is 1.54. The third-order valence-corrected chi connectivity index (χ3v) is 2.42. The van der Waals surface area contributed by atoms with Crippen LogP contribution in [0.5, 0.6) is 0 Å². The summed E-state index contributed by atoms with van der Waals surface area (Å²) in [4.78, 5) is 6.00. The molecule has 1 aromatic heterocycles. The molecule has 66 valence electrons. The molecule has 1 heterocycles. The lowest BCUT2D eigenvalue weighted by molar-refractivity contribution is 1.09. The first-order valence-electron chi connectivity index (χ1n) is 3.52. The van der Waals surface area contributed by atoms with Gasteiger partial charge in [0.1, 0.15) is 0 Å². The zero-order chi connectivity index (χ0) is 9.14. The van der Waals surface area contributed by atoms with Gasteiger partial charge < -0.3 is 4.90 Å². The fraction of sp³-hybridized carbons (Fsp3) is 0.375. The van der Waals surface area contributed by atoms with E-state index in [0.29, 0.717) is 5.02 Å². The molecule has 0 saturated heterocycles. The summed E-state index contributed by atoms with van der Waals surface area (Å²) in [6, 6.07) is 0. The lowest BCUT2D eigenvalue weighted by atomic mass is 10.2. The quantitative estimate of drug-likeness (QED) is 0.749. The smallest absolute Gasteiger partial charge is 0.0825 e. The zero-order valence-corrected chi connectivity index (χ0v) is 9.35. The minimum atomic E-state index is 0.692. The normalized spacial score (nSPS) is 10.0. The SMILES string of the molecule is CN(C)c1c(Cl)cncc1CBr. The van der Waals surface area contributed by atoms with Crippen LogP contribution in [-0.2, 0) is 5.33 Å². The molecule has 0 aliphatic rings. The molecule has 1 rings (SSSR count). The maximum atomic E-state index is 5.98. The van der Waals surface area contributed by atoms with E-state index >= 15 is 0 Å². The predicted molar refractivity (Wildman–Crippen MR) is 56.2 cm³/mol.